The van der Waals surface area contributed by atoms with E-state index < -0.39 is 5.76 Å². The summed E-state index contributed by atoms with van der Waals surface area (Å²) in [6.45, 7) is 2.91. The third kappa shape index (κ3) is 3.25. The Kier molecular flexibility index (Phi) is 4.51. The van der Waals surface area contributed by atoms with E-state index in [1.165, 1.54) is 4.57 Å². The second-order valence-electron chi connectivity index (χ2n) is 5.91. The minimum absolute atomic E-state index is 0.00423. The van der Waals surface area contributed by atoms with Gasteiger partial charge in [-0.3, -0.25) is 9.36 Å². The second kappa shape index (κ2) is 6.74. The van der Waals surface area contributed by atoms with E-state index in [1.807, 2.05) is 49.4 Å². The first-order chi connectivity index (χ1) is 11.6. The van der Waals surface area contributed by atoms with Crippen LogP contribution in [0.2, 0.25) is 0 Å². The number of nitrogens with zero attached hydrogens (tertiary/aromatic N) is 2. The first-order valence-electron chi connectivity index (χ1n) is 7.93. The summed E-state index contributed by atoms with van der Waals surface area (Å²) in [4.78, 5) is 26.0. The average molecular weight is 324 g/mol. The number of hydrogen-bond donors (Lipinski definition) is 0. The van der Waals surface area contributed by atoms with Gasteiger partial charge >= 0.3 is 5.76 Å². The van der Waals surface area contributed by atoms with Crippen molar-refractivity contribution in [3.05, 3.63) is 70.2 Å². The number of oxazole rings is 1. The number of aryl methyl sites for hydroxylation is 2. The summed E-state index contributed by atoms with van der Waals surface area (Å²) >= 11 is 0. The maximum atomic E-state index is 12.4. The maximum Gasteiger partial charge on any atom is 0.419 e. The fourth-order valence-corrected chi connectivity index (χ4v) is 2.76. The molecule has 24 heavy (non-hydrogen) atoms. The zero-order valence-electron chi connectivity index (χ0n) is 13.9. The smallest absolute Gasteiger partial charge is 0.408 e. The van der Waals surface area contributed by atoms with Gasteiger partial charge in [-0.05, 0) is 30.2 Å². The molecule has 0 N–H and O–H groups in total. The molecule has 1 aromatic heterocycles. The van der Waals surface area contributed by atoms with Crippen molar-refractivity contribution in [2.45, 2.75) is 26.4 Å². The molecule has 5 nitrogen and oxygen atoms in total. The van der Waals surface area contributed by atoms with E-state index >= 15 is 0 Å². The molecule has 0 bridgehead atoms. The Morgan fingerprint density at radius 3 is 2.62 bits per heavy atom. The number of aromatic nitrogens is 1. The molecule has 1 amide bonds. The first kappa shape index (κ1) is 16.1. The lowest BCUT2D eigenvalue weighted by Crippen LogP contribution is -2.28. The molecule has 0 aliphatic rings. The Labute approximate surface area is 140 Å². The molecule has 0 aliphatic carbocycles. The Balaban J connectivity index is 1.67. The van der Waals surface area contributed by atoms with E-state index in [1.54, 1.807) is 18.0 Å². The third-order valence-corrected chi connectivity index (χ3v) is 4.22. The first-order valence-corrected chi connectivity index (χ1v) is 7.93. The van der Waals surface area contributed by atoms with Crippen LogP contribution in [0.3, 0.4) is 0 Å². The van der Waals surface area contributed by atoms with E-state index in [4.69, 9.17) is 4.42 Å². The SMILES string of the molecule is Cc1ccccc1CN(C)C(=O)CCn1c(=O)oc2ccccc21. The fraction of sp³-hybridized carbons (Fsp3) is 0.263. The van der Waals surface area contributed by atoms with Gasteiger partial charge in [0, 0.05) is 26.6 Å². The van der Waals surface area contributed by atoms with Gasteiger partial charge in [-0.25, -0.2) is 4.79 Å². The zero-order valence-corrected chi connectivity index (χ0v) is 13.9. The molecule has 0 aliphatic heterocycles. The Bertz CT molecular complexity index is 924. The highest BCUT2D eigenvalue weighted by atomic mass is 16.4. The summed E-state index contributed by atoms with van der Waals surface area (Å²) in [6.07, 6.45) is 0.256. The van der Waals surface area contributed by atoms with Crippen molar-refractivity contribution in [3.63, 3.8) is 0 Å². The number of hydrogen-bond acceptors (Lipinski definition) is 3. The lowest BCUT2D eigenvalue weighted by atomic mass is 10.1. The number of fused-ring (bicyclic) bond motifs is 1. The molecule has 1 heterocycles. The van der Waals surface area contributed by atoms with Crippen LogP contribution >= 0.6 is 0 Å². The Hall–Kier alpha value is -2.82. The Morgan fingerprint density at radius 2 is 1.83 bits per heavy atom. The van der Waals surface area contributed by atoms with Crippen molar-refractivity contribution in [2.24, 2.45) is 0 Å². The van der Waals surface area contributed by atoms with Gasteiger partial charge in [-0.2, -0.15) is 0 Å². The summed E-state index contributed by atoms with van der Waals surface area (Å²) in [5.74, 6) is -0.430. The average Bonchev–Trinajstić information content (AvgIpc) is 2.90. The van der Waals surface area contributed by atoms with Crippen molar-refractivity contribution in [3.8, 4) is 0 Å². The van der Waals surface area contributed by atoms with Crippen molar-refractivity contribution in [2.75, 3.05) is 7.05 Å². The number of carbonyl (C=O) groups is 1. The van der Waals surface area contributed by atoms with Crippen molar-refractivity contribution in [1.29, 1.82) is 0 Å². The molecule has 0 radical (unpaired) electrons. The van der Waals surface area contributed by atoms with Crippen LogP contribution in [0, 0.1) is 6.92 Å². The van der Waals surface area contributed by atoms with Gasteiger partial charge < -0.3 is 9.32 Å². The lowest BCUT2D eigenvalue weighted by molar-refractivity contribution is -0.130. The van der Waals surface area contributed by atoms with Gasteiger partial charge in [-0.1, -0.05) is 36.4 Å². The summed E-state index contributed by atoms with van der Waals surface area (Å²) in [7, 11) is 1.78. The molecular weight excluding hydrogens is 304 g/mol. The summed E-state index contributed by atoms with van der Waals surface area (Å²) in [5.41, 5.74) is 3.55. The van der Waals surface area contributed by atoms with Crippen LogP contribution in [-0.4, -0.2) is 22.4 Å². The molecule has 0 unspecified atom stereocenters. The lowest BCUT2D eigenvalue weighted by Gasteiger charge is -2.18. The largest absolute Gasteiger partial charge is 0.419 e. The van der Waals surface area contributed by atoms with E-state index in [0.29, 0.717) is 18.7 Å². The van der Waals surface area contributed by atoms with Crippen molar-refractivity contribution >= 4 is 17.0 Å². The number of para-hydroxylation sites is 2. The molecule has 0 saturated carbocycles. The maximum absolute atomic E-state index is 12.4. The number of benzene rings is 2. The van der Waals surface area contributed by atoms with E-state index in [-0.39, 0.29) is 12.3 Å². The van der Waals surface area contributed by atoms with Gasteiger partial charge in [0.1, 0.15) is 0 Å². The zero-order chi connectivity index (χ0) is 17.1. The van der Waals surface area contributed by atoms with Crippen LogP contribution in [0.5, 0.6) is 0 Å². The van der Waals surface area contributed by atoms with Gasteiger partial charge in [0.05, 0.1) is 5.52 Å². The van der Waals surface area contributed by atoms with Gasteiger partial charge in [0.25, 0.3) is 0 Å². The molecule has 3 aromatic rings. The normalized spacial score (nSPS) is 10.9. The molecule has 0 spiro atoms. The molecule has 0 atom stereocenters. The van der Waals surface area contributed by atoms with Gasteiger partial charge in [0.15, 0.2) is 5.58 Å². The van der Waals surface area contributed by atoms with E-state index in [0.717, 1.165) is 16.6 Å². The number of rotatable bonds is 5. The highest BCUT2D eigenvalue weighted by molar-refractivity contribution is 5.76. The fourth-order valence-electron chi connectivity index (χ4n) is 2.76. The van der Waals surface area contributed by atoms with Gasteiger partial charge in [0.2, 0.25) is 5.91 Å². The molecule has 2 aromatic carbocycles. The predicted molar refractivity (Wildman–Crippen MR) is 92.7 cm³/mol. The van der Waals surface area contributed by atoms with E-state index in [9.17, 15) is 9.59 Å². The van der Waals surface area contributed by atoms with Crippen LogP contribution < -0.4 is 5.76 Å². The summed E-state index contributed by atoms with van der Waals surface area (Å²) in [6, 6.07) is 15.2. The molecular formula is C19H20N2O3. The van der Waals surface area contributed by atoms with Crippen molar-refractivity contribution < 1.29 is 9.21 Å². The molecule has 5 heteroatoms. The summed E-state index contributed by atoms with van der Waals surface area (Å²) in [5, 5.41) is 0. The minimum atomic E-state index is -0.425. The number of amides is 1. The molecule has 0 saturated heterocycles. The molecule has 124 valence electrons. The van der Waals surface area contributed by atoms with Crippen LogP contribution in [0.4, 0.5) is 0 Å². The van der Waals surface area contributed by atoms with Crippen LogP contribution in [0.1, 0.15) is 17.5 Å². The van der Waals surface area contributed by atoms with E-state index in [2.05, 4.69) is 0 Å². The third-order valence-electron chi connectivity index (χ3n) is 4.22. The Morgan fingerprint density at radius 1 is 1.12 bits per heavy atom. The molecule has 3 rings (SSSR count). The van der Waals surface area contributed by atoms with Crippen molar-refractivity contribution in [1.82, 2.24) is 9.47 Å². The highest BCUT2D eigenvalue weighted by Crippen LogP contribution is 2.13. The molecule has 0 fully saturated rings. The standard InChI is InChI=1S/C19H20N2O3/c1-14-7-3-4-8-15(14)13-20(2)18(22)11-12-21-16-9-5-6-10-17(16)24-19(21)23/h3-10H,11-13H2,1-2H3. The summed E-state index contributed by atoms with van der Waals surface area (Å²) < 4.78 is 6.69. The second-order valence-corrected chi connectivity index (χ2v) is 5.91. The topological polar surface area (TPSA) is 55.5 Å². The quantitative estimate of drug-likeness (QED) is 0.725. The van der Waals surface area contributed by atoms with Crippen LogP contribution in [-0.2, 0) is 17.9 Å². The number of carbonyl (C=O) groups excluding carboxylic acids is 1. The highest BCUT2D eigenvalue weighted by Gasteiger charge is 2.13. The monoisotopic (exact) mass is 324 g/mol. The van der Waals surface area contributed by atoms with Crippen LogP contribution in [0.25, 0.3) is 11.1 Å². The van der Waals surface area contributed by atoms with Crippen LogP contribution in [0.15, 0.2) is 57.7 Å². The van der Waals surface area contributed by atoms with Gasteiger partial charge in [-0.15, -0.1) is 0 Å². The minimum Gasteiger partial charge on any atom is -0.408 e. The predicted octanol–water partition coefficient (Wildman–Crippen LogP) is 2.95.